The van der Waals surface area contributed by atoms with Gasteiger partial charge in [0.05, 0.1) is 25.2 Å². The Morgan fingerprint density at radius 2 is 0.797 bits per heavy atom. The lowest BCUT2D eigenvalue weighted by Crippen LogP contribution is -2.46. The Hall–Kier alpha value is -1.66. The molecular formula is C58H111NO5. The van der Waals surface area contributed by atoms with Crippen LogP contribution in [0.1, 0.15) is 310 Å². The van der Waals surface area contributed by atoms with Crippen LogP contribution in [0.15, 0.2) is 24.3 Å². The molecular weight excluding hydrogens is 791 g/mol. The normalized spacial score (nSPS) is 13.3. The third-order valence-electron chi connectivity index (χ3n) is 13.3. The second kappa shape index (κ2) is 52.3. The molecule has 6 nitrogen and oxygen atoms in total. The number of aliphatic hydroxyl groups is 2. The third-order valence-corrected chi connectivity index (χ3v) is 13.3. The highest BCUT2D eigenvalue weighted by Gasteiger charge is 2.24. The smallest absolute Gasteiger partial charge is 0.306 e. The van der Waals surface area contributed by atoms with Crippen molar-refractivity contribution in [3.8, 4) is 0 Å². The molecule has 6 heteroatoms. The molecule has 0 saturated carbocycles. The molecule has 0 aliphatic carbocycles. The molecule has 0 aromatic rings. The van der Waals surface area contributed by atoms with Crippen molar-refractivity contribution in [1.29, 1.82) is 0 Å². The predicted octanol–water partition coefficient (Wildman–Crippen LogP) is 17.5. The average molecular weight is 903 g/mol. The van der Waals surface area contributed by atoms with E-state index in [-0.39, 0.29) is 24.9 Å². The van der Waals surface area contributed by atoms with Crippen LogP contribution in [-0.4, -0.2) is 46.9 Å². The average Bonchev–Trinajstić information content (AvgIpc) is 3.29. The van der Waals surface area contributed by atoms with E-state index >= 15 is 0 Å². The fourth-order valence-corrected chi connectivity index (χ4v) is 8.93. The highest BCUT2D eigenvalue weighted by molar-refractivity contribution is 5.77. The molecule has 0 aromatic heterocycles. The van der Waals surface area contributed by atoms with Gasteiger partial charge in [0.25, 0.3) is 0 Å². The maximum Gasteiger partial charge on any atom is 0.306 e. The van der Waals surface area contributed by atoms with E-state index in [9.17, 15) is 19.8 Å². The second-order valence-corrected chi connectivity index (χ2v) is 19.7. The van der Waals surface area contributed by atoms with Crippen molar-refractivity contribution in [2.24, 2.45) is 0 Å². The molecule has 378 valence electrons. The van der Waals surface area contributed by atoms with Crippen LogP contribution in [0.25, 0.3) is 0 Å². The molecule has 0 aliphatic heterocycles. The Kier molecular flexibility index (Phi) is 51.0. The molecule has 0 heterocycles. The summed E-state index contributed by atoms with van der Waals surface area (Å²) in [5, 5.41) is 23.9. The number of unbranched alkanes of at least 4 members (excludes halogenated alkanes) is 36. The van der Waals surface area contributed by atoms with Crippen molar-refractivity contribution >= 4 is 11.9 Å². The lowest BCUT2D eigenvalue weighted by molar-refractivity contribution is -0.151. The van der Waals surface area contributed by atoms with Gasteiger partial charge >= 0.3 is 5.97 Å². The molecule has 0 rings (SSSR count). The van der Waals surface area contributed by atoms with Crippen molar-refractivity contribution in [3.63, 3.8) is 0 Å². The standard InChI is InChI=1S/C58H111NO5/c1-4-7-10-13-16-19-22-25-27-28-30-32-34-37-40-43-46-49-54(64-58(63)51-48-45-42-39-36-31-24-21-18-15-12-9-6-3)52-57(62)59-55(53-60)56(61)50-47-44-41-38-35-33-29-26-23-20-17-14-11-8-5-2/h16,19,25,27,54-56,60-61H,4-15,17-18,20-24,26,28-53H2,1-3H3,(H,59,62)/b19-16-,27-25-. The Morgan fingerprint density at radius 1 is 0.453 bits per heavy atom. The number of amides is 1. The zero-order chi connectivity index (χ0) is 46.7. The van der Waals surface area contributed by atoms with Crippen LogP contribution in [0.3, 0.4) is 0 Å². The van der Waals surface area contributed by atoms with Gasteiger partial charge in [0, 0.05) is 6.42 Å². The summed E-state index contributed by atoms with van der Waals surface area (Å²) in [5.41, 5.74) is 0. The van der Waals surface area contributed by atoms with Crippen LogP contribution >= 0.6 is 0 Å². The summed E-state index contributed by atoms with van der Waals surface area (Å²) in [4.78, 5) is 26.2. The number of hydrogen-bond donors (Lipinski definition) is 3. The van der Waals surface area contributed by atoms with Gasteiger partial charge in [-0.2, -0.15) is 0 Å². The van der Waals surface area contributed by atoms with Gasteiger partial charge in [-0.25, -0.2) is 0 Å². The first kappa shape index (κ1) is 62.3. The zero-order valence-corrected chi connectivity index (χ0v) is 43.2. The summed E-state index contributed by atoms with van der Waals surface area (Å²) in [6.45, 7) is 6.49. The Bertz CT molecular complexity index is 1010. The Labute approximate surface area is 399 Å². The number of carbonyl (C=O) groups excluding carboxylic acids is 2. The number of ether oxygens (including phenoxy) is 1. The fraction of sp³-hybridized carbons (Fsp3) is 0.897. The van der Waals surface area contributed by atoms with E-state index in [2.05, 4.69) is 50.4 Å². The van der Waals surface area contributed by atoms with E-state index < -0.39 is 18.2 Å². The first-order valence-corrected chi connectivity index (χ1v) is 28.6. The number of hydrogen-bond acceptors (Lipinski definition) is 5. The molecule has 0 fully saturated rings. The van der Waals surface area contributed by atoms with Crippen molar-refractivity contribution in [1.82, 2.24) is 5.32 Å². The molecule has 0 aliphatic rings. The van der Waals surface area contributed by atoms with Crippen LogP contribution in [-0.2, 0) is 14.3 Å². The second-order valence-electron chi connectivity index (χ2n) is 19.7. The molecule has 0 bridgehead atoms. The van der Waals surface area contributed by atoms with E-state index in [0.717, 1.165) is 64.2 Å². The van der Waals surface area contributed by atoms with E-state index in [1.807, 2.05) is 0 Å². The third kappa shape index (κ3) is 46.9. The minimum atomic E-state index is -0.786. The maximum absolute atomic E-state index is 13.3. The van der Waals surface area contributed by atoms with Crippen molar-refractivity contribution in [3.05, 3.63) is 24.3 Å². The summed E-state index contributed by atoms with van der Waals surface area (Å²) < 4.78 is 5.96. The number of esters is 1. The van der Waals surface area contributed by atoms with Crippen LogP contribution in [0, 0.1) is 0 Å². The monoisotopic (exact) mass is 902 g/mol. The van der Waals surface area contributed by atoms with Crippen molar-refractivity contribution in [2.75, 3.05) is 6.61 Å². The minimum Gasteiger partial charge on any atom is -0.462 e. The molecule has 0 radical (unpaired) electrons. The Balaban J connectivity index is 4.54. The highest BCUT2D eigenvalue weighted by Crippen LogP contribution is 2.19. The molecule has 0 spiro atoms. The lowest BCUT2D eigenvalue weighted by Gasteiger charge is -2.24. The summed E-state index contributed by atoms with van der Waals surface area (Å²) >= 11 is 0. The molecule has 1 amide bonds. The number of aliphatic hydroxyl groups excluding tert-OH is 2. The molecule has 64 heavy (non-hydrogen) atoms. The first-order chi connectivity index (χ1) is 31.5. The number of carbonyl (C=O) groups is 2. The summed E-state index contributed by atoms with van der Waals surface area (Å²) in [6, 6.07) is -0.700. The summed E-state index contributed by atoms with van der Waals surface area (Å²) in [7, 11) is 0. The topological polar surface area (TPSA) is 95.9 Å². The SMILES string of the molecule is CCCCC/C=C\C/C=C\CCCCCCCCCC(CC(=O)NC(CO)C(O)CCCCCCCCCCCCCCCCC)OC(=O)CCCCCCCCCCCCCCC. The number of rotatable bonds is 52. The van der Waals surface area contributed by atoms with Crippen molar-refractivity contribution < 1.29 is 24.5 Å². The molecule has 0 aromatic carbocycles. The molecule has 0 saturated heterocycles. The highest BCUT2D eigenvalue weighted by atomic mass is 16.5. The van der Waals surface area contributed by atoms with Crippen LogP contribution in [0.5, 0.6) is 0 Å². The first-order valence-electron chi connectivity index (χ1n) is 28.6. The quantitative estimate of drug-likeness (QED) is 0.0321. The van der Waals surface area contributed by atoms with Crippen LogP contribution in [0.4, 0.5) is 0 Å². The largest absolute Gasteiger partial charge is 0.462 e. The lowest BCUT2D eigenvalue weighted by atomic mass is 10.0. The van der Waals surface area contributed by atoms with E-state index in [1.165, 1.54) is 199 Å². The van der Waals surface area contributed by atoms with E-state index in [1.54, 1.807) is 0 Å². The van der Waals surface area contributed by atoms with Gasteiger partial charge in [-0.1, -0.05) is 263 Å². The molecule has 3 atom stereocenters. The van der Waals surface area contributed by atoms with E-state index in [4.69, 9.17) is 4.74 Å². The summed E-state index contributed by atoms with van der Waals surface area (Å²) in [6.07, 6.45) is 60.9. The van der Waals surface area contributed by atoms with Gasteiger partial charge in [0.15, 0.2) is 0 Å². The van der Waals surface area contributed by atoms with Gasteiger partial charge in [-0.15, -0.1) is 0 Å². The van der Waals surface area contributed by atoms with Gasteiger partial charge in [-0.3, -0.25) is 9.59 Å². The van der Waals surface area contributed by atoms with E-state index in [0.29, 0.717) is 19.3 Å². The molecule has 3 N–H and O–H groups in total. The minimum absolute atomic E-state index is 0.0781. The van der Waals surface area contributed by atoms with Crippen LogP contribution < -0.4 is 5.32 Å². The Morgan fingerprint density at radius 3 is 1.22 bits per heavy atom. The van der Waals surface area contributed by atoms with Gasteiger partial charge in [0.1, 0.15) is 6.10 Å². The van der Waals surface area contributed by atoms with Crippen molar-refractivity contribution in [2.45, 2.75) is 328 Å². The molecule has 3 unspecified atom stereocenters. The zero-order valence-electron chi connectivity index (χ0n) is 43.2. The fourth-order valence-electron chi connectivity index (χ4n) is 8.93. The number of allylic oxidation sites excluding steroid dienone is 4. The van der Waals surface area contributed by atoms with Crippen LogP contribution in [0.2, 0.25) is 0 Å². The van der Waals surface area contributed by atoms with Gasteiger partial charge < -0.3 is 20.3 Å². The van der Waals surface area contributed by atoms with Gasteiger partial charge in [0.2, 0.25) is 5.91 Å². The van der Waals surface area contributed by atoms with Gasteiger partial charge in [-0.05, 0) is 57.8 Å². The maximum atomic E-state index is 13.3. The summed E-state index contributed by atoms with van der Waals surface area (Å²) in [5.74, 6) is -0.463. The predicted molar refractivity (Wildman–Crippen MR) is 278 cm³/mol. The number of nitrogens with one attached hydrogen (secondary N) is 1.